The standard InChI is InChI=1S/C29H47NO4/c1-17(31)20-10-11-21-19-9-8-18-12-23(32)22(30-15-26(2,3)34-27(4,5)16-30)13-28(18,6)25(19)24(33)14-29(20,21)7/h18-23,25,32H,8-16H2,1-7H3/t18-,19-,20+,21-,22-,23-,25+,28-,29+/m0/s1. The molecule has 0 aromatic rings. The molecule has 0 bridgehead atoms. The van der Waals surface area contributed by atoms with E-state index in [1.54, 1.807) is 6.92 Å². The van der Waals surface area contributed by atoms with Gasteiger partial charge in [-0.3, -0.25) is 14.5 Å². The largest absolute Gasteiger partial charge is 0.391 e. The second-order valence-corrected chi connectivity index (χ2v) is 14.5. The van der Waals surface area contributed by atoms with E-state index in [4.69, 9.17) is 4.74 Å². The SMILES string of the molecule is CC(=O)[C@H]1CC[C@H]2[C@@H]3CC[C@H]4C[C@H](O)[C@@H](N5CC(C)(C)OC(C)(C)C5)C[C@]4(C)[C@H]3C(=O)C[C@]12C. The number of aliphatic hydroxyl groups excluding tert-OH is 1. The molecule has 5 aliphatic rings. The van der Waals surface area contributed by atoms with Crippen LogP contribution in [0.2, 0.25) is 0 Å². The topological polar surface area (TPSA) is 66.8 Å². The number of ketones is 2. The Hall–Kier alpha value is -0.780. The summed E-state index contributed by atoms with van der Waals surface area (Å²) in [6, 6.07) is 0.0668. The molecule has 5 nitrogen and oxygen atoms in total. The third-order valence-corrected chi connectivity index (χ3v) is 11.0. The first kappa shape index (κ1) is 24.9. The lowest BCUT2D eigenvalue weighted by Crippen LogP contribution is -2.66. The summed E-state index contributed by atoms with van der Waals surface area (Å²) in [5, 5.41) is 11.4. The Bertz CT molecular complexity index is 850. The average molecular weight is 474 g/mol. The zero-order chi connectivity index (χ0) is 24.8. The van der Waals surface area contributed by atoms with Crippen LogP contribution in [0.25, 0.3) is 0 Å². The minimum absolute atomic E-state index is 0.0478. The van der Waals surface area contributed by atoms with Crippen molar-refractivity contribution in [1.82, 2.24) is 4.90 Å². The second-order valence-electron chi connectivity index (χ2n) is 14.5. The first-order valence-electron chi connectivity index (χ1n) is 13.8. The molecule has 192 valence electrons. The fourth-order valence-corrected chi connectivity index (χ4v) is 10.2. The highest BCUT2D eigenvalue weighted by Gasteiger charge is 2.65. The van der Waals surface area contributed by atoms with Gasteiger partial charge >= 0.3 is 0 Å². The molecule has 0 aromatic carbocycles. The fourth-order valence-electron chi connectivity index (χ4n) is 10.2. The van der Waals surface area contributed by atoms with Gasteiger partial charge in [-0.25, -0.2) is 0 Å². The summed E-state index contributed by atoms with van der Waals surface area (Å²) in [7, 11) is 0. The quantitative estimate of drug-likeness (QED) is 0.633. The van der Waals surface area contributed by atoms with Crippen molar-refractivity contribution in [1.29, 1.82) is 0 Å². The molecule has 0 amide bonds. The number of ether oxygens (including phenoxy) is 1. The Morgan fingerprint density at radius 1 is 0.971 bits per heavy atom. The number of Topliss-reactive ketones (excluding diaryl/α,β-unsaturated/α-hetero) is 2. The molecular formula is C29H47NO4. The van der Waals surface area contributed by atoms with Crippen molar-refractivity contribution >= 4 is 11.6 Å². The van der Waals surface area contributed by atoms with Crippen LogP contribution >= 0.6 is 0 Å². The van der Waals surface area contributed by atoms with Gasteiger partial charge in [-0.15, -0.1) is 0 Å². The molecule has 5 rings (SSSR count). The van der Waals surface area contributed by atoms with Crippen molar-refractivity contribution in [3.63, 3.8) is 0 Å². The maximum Gasteiger partial charge on any atom is 0.137 e. The molecule has 9 atom stereocenters. The lowest BCUT2D eigenvalue weighted by molar-refractivity contribution is -0.210. The van der Waals surface area contributed by atoms with E-state index in [9.17, 15) is 14.7 Å². The van der Waals surface area contributed by atoms with E-state index in [-0.39, 0.29) is 51.8 Å². The van der Waals surface area contributed by atoms with Crippen molar-refractivity contribution in [2.75, 3.05) is 13.1 Å². The Balaban J connectivity index is 1.45. The van der Waals surface area contributed by atoms with Crippen LogP contribution in [0.1, 0.15) is 93.4 Å². The van der Waals surface area contributed by atoms with Crippen LogP contribution in [0.4, 0.5) is 0 Å². The summed E-state index contributed by atoms with van der Waals surface area (Å²) in [4.78, 5) is 28.9. The molecule has 0 radical (unpaired) electrons. The summed E-state index contributed by atoms with van der Waals surface area (Å²) in [6.45, 7) is 16.5. The Kier molecular flexibility index (Phi) is 5.75. The van der Waals surface area contributed by atoms with E-state index < -0.39 is 0 Å². The first-order chi connectivity index (χ1) is 15.7. The van der Waals surface area contributed by atoms with Crippen LogP contribution in [0.5, 0.6) is 0 Å². The van der Waals surface area contributed by atoms with Gasteiger partial charge in [-0.1, -0.05) is 13.8 Å². The number of rotatable bonds is 2. The molecule has 1 saturated heterocycles. The second kappa shape index (κ2) is 7.86. The minimum atomic E-state index is -0.350. The van der Waals surface area contributed by atoms with E-state index in [0.717, 1.165) is 51.6 Å². The summed E-state index contributed by atoms with van der Waals surface area (Å²) in [6.07, 6.45) is 6.13. The van der Waals surface area contributed by atoms with Crippen LogP contribution in [-0.2, 0) is 14.3 Å². The molecule has 34 heavy (non-hydrogen) atoms. The van der Waals surface area contributed by atoms with E-state index in [1.807, 2.05) is 0 Å². The van der Waals surface area contributed by atoms with Gasteiger partial charge in [0.25, 0.3) is 0 Å². The number of hydrogen-bond acceptors (Lipinski definition) is 5. The molecule has 1 heterocycles. The molecule has 1 N–H and O–H groups in total. The van der Waals surface area contributed by atoms with Gasteiger partial charge in [0.15, 0.2) is 0 Å². The average Bonchev–Trinajstić information content (AvgIpc) is 3.02. The monoisotopic (exact) mass is 473 g/mol. The lowest BCUT2D eigenvalue weighted by Gasteiger charge is -2.62. The smallest absolute Gasteiger partial charge is 0.137 e. The zero-order valence-electron chi connectivity index (χ0n) is 22.5. The molecular weight excluding hydrogens is 426 g/mol. The van der Waals surface area contributed by atoms with Gasteiger partial charge < -0.3 is 9.84 Å². The molecule has 1 aliphatic heterocycles. The Morgan fingerprint density at radius 2 is 1.62 bits per heavy atom. The molecule has 0 unspecified atom stereocenters. The predicted octanol–water partition coefficient (Wildman–Crippen LogP) is 4.64. The zero-order valence-corrected chi connectivity index (χ0v) is 22.5. The van der Waals surface area contributed by atoms with Crippen molar-refractivity contribution in [2.24, 2.45) is 40.4 Å². The highest BCUT2D eigenvalue weighted by atomic mass is 16.5. The van der Waals surface area contributed by atoms with Gasteiger partial charge in [0, 0.05) is 37.4 Å². The number of morpholine rings is 1. The summed E-state index contributed by atoms with van der Waals surface area (Å²) in [5.74, 6) is 2.08. The number of carbonyl (C=O) groups is 2. The van der Waals surface area contributed by atoms with Gasteiger partial charge in [0.05, 0.1) is 17.3 Å². The number of aliphatic hydroxyl groups is 1. The van der Waals surface area contributed by atoms with E-state index in [2.05, 4.69) is 46.4 Å². The Morgan fingerprint density at radius 3 is 2.24 bits per heavy atom. The van der Waals surface area contributed by atoms with Crippen molar-refractivity contribution < 1.29 is 19.4 Å². The number of nitrogens with zero attached hydrogens (tertiary/aromatic N) is 1. The maximum atomic E-state index is 14.0. The maximum absolute atomic E-state index is 14.0. The minimum Gasteiger partial charge on any atom is -0.391 e. The van der Waals surface area contributed by atoms with Gasteiger partial charge in [0.1, 0.15) is 11.6 Å². The van der Waals surface area contributed by atoms with Crippen LogP contribution in [0.15, 0.2) is 0 Å². The molecule has 0 aromatic heterocycles. The van der Waals surface area contributed by atoms with Crippen molar-refractivity contribution in [3.8, 4) is 0 Å². The third-order valence-electron chi connectivity index (χ3n) is 11.0. The van der Waals surface area contributed by atoms with E-state index in [1.165, 1.54) is 0 Å². The van der Waals surface area contributed by atoms with E-state index >= 15 is 0 Å². The van der Waals surface area contributed by atoms with Crippen molar-refractivity contribution in [3.05, 3.63) is 0 Å². The normalized spacial score (nSPS) is 50.2. The number of fused-ring (bicyclic) bond motifs is 5. The van der Waals surface area contributed by atoms with Gasteiger partial charge in [-0.2, -0.15) is 0 Å². The number of carbonyl (C=O) groups excluding carboxylic acids is 2. The highest BCUT2D eigenvalue weighted by Crippen LogP contribution is 2.66. The molecule has 0 spiro atoms. The van der Waals surface area contributed by atoms with Crippen LogP contribution < -0.4 is 0 Å². The van der Waals surface area contributed by atoms with E-state index in [0.29, 0.717) is 30.0 Å². The lowest BCUT2D eigenvalue weighted by atomic mass is 9.43. The van der Waals surface area contributed by atoms with Crippen LogP contribution in [0, 0.1) is 40.4 Å². The van der Waals surface area contributed by atoms with Crippen LogP contribution in [0.3, 0.4) is 0 Å². The molecule has 5 fully saturated rings. The summed E-state index contributed by atoms with van der Waals surface area (Å²) < 4.78 is 6.33. The first-order valence-corrected chi connectivity index (χ1v) is 13.8. The summed E-state index contributed by atoms with van der Waals surface area (Å²) >= 11 is 0. The summed E-state index contributed by atoms with van der Waals surface area (Å²) in [5.41, 5.74) is -0.754. The molecule has 5 heteroatoms. The molecule has 4 saturated carbocycles. The highest BCUT2D eigenvalue weighted by molar-refractivity contribution is 5.87. The number of hydrogen-bond donors (Lipinski definition) is 1. The van der Waals surface area contributed by atoms with Gasteiger partial charge in [-0.05, 0) is 102 Å². The van der Waals surface area contributed by atoms with Crippen LogP contribution in [-0.4, -0.2) is 58.0 Å². The fraction of sp³-hybridized carbons (Fsp3) is 0.931. The third kappa shape index (κ3) is 3.75. The Labute approximate surface area is 206 Å². The van der Waals surface area contributed by atoms with Crippen molar-refractivity contribution in [2.45, 2.75) is 117 Å². The van der Waals surface area contributed by atoms with Gasteiger partial charge in [0.2, 0.25) is 0 Å². The molecule has 4 aliphatic carbocycles. The predicted molar refractivity (Wildman–Crippen MR) is 132 cm³/mol.